The molecule has 1 aliphatic heterocycles. The second-order valence-electron chi connectivity index (χ2n) is 3.86. The molecule has 0 aromatic carbocycles. The van der Waals surface area contributed by atoms with Crippen LogP contribution in [0.25, 0.3) is 0 Å². The van der Waals surface area contributed by atoms with Crippen LogP contribution in [0.15, 0.2) is 0 Å². The molecule has 6 nitrogen and oxygen atoms in total. The van der Waals surface area contributed by atoms with Crippen LogP contribution in [0.1, 0.15) is 0 Å². The molecule has 0 aromatic heterocycles. The first-order valence-electron chi connectivity index (χ1n) is 6.35. The van der Waals surface area contributed by atoms with E-state index in [1.807, 2.05) is 0 Å². The summed E-state index contributed by atoms with van der Waals surface area (Å²) in [6.07, 6.45) is -0.0556. The Labute approximate surface area is 108 Å². The molecule has 1 heterocycles. The van der Waals surface area contributed by atoms with Crippen LogP contribution in [0.4, 0.5) is 0 Å². The SMILES string of the molecule is COCC1COCCOCCOCCOCCO1. The van der Waals surface area contributed by atoms with Gasteiger partial charge < -0.3 is 28.4 Å². The first-order chi connectivity index (χ1) is 8.93. The van der Waals surface area contributed by atoms with Gasteiger partial charge in [0.25, 0.3) is 0 Å². The average Bonchev–Trinajstić information content (AvgIpc) is 2.39. The minimum atomic E-state index is -0.0556. The second kappa shape index (κ2) is 11.8. The van der Waals surface area contributed by atoms with Crippen LogP contribution < -0.4 is 0 Å². The molecule has 1 aliphatic rings. The van der Waals surface area contributed by atoms with Crippen LogP contribution in [0.3, 0.4) is 0 Å². The Hall–Kier alpha value is -0.240. The summed E-state index contributed by atoms with van der Waals surface area (Å²) in [6.45, 7) is 5.58. The van der Waals surface area contributed by atoms with Gasteiger partial charge in [-0.1, -0.05) is 0 Å². The van der Waals surface area contributed by atoms with Crippen LogP contribution >= 0.6 is 0 Å². The number of ether oxygens (including phenoxy) is 6. The highest BCUT2D eigenvalue weighted by molar-refractivity contribution is 4.55. The van der Waals surface area contributed by atoms with E-state index in [9.17, 15) is 0 Å². The second-order valence-corrected chi connectivity index (χ2v) is 3.86. The molecule has 0 amide bonds. The lowest BCUT2D eigenvalue weighted by Gasteiger charge is -2.17. The Morgan fingerprint density at radius 3 is 1.83 bits per heavy atom. The van der Waals surface area contributed by atoms with Crippen molar-refractivity contribution in [2.75, 3.05) is 73.2 Å². The zero-order valence-corrected chi connectivity index (χ0v) is 11.1. The molecule has 0 N–H and O–H groups in total. The molecule has 0 saturated carbocycles. The molecule has 0 spiro atoms. The van der Waals surface area contributed by atoms with Gasteiger partial charge in [-0.05, 0) is 0 Å². The lowest BCUT2D eigenvalue weighted by atomic mass is 10.4. The van der Waals surface area contributed by atoms with Gasteiger partial charge in [-0.15, -0.1) is 0 Å². The molecule has 0 radical (unpaired) electrons. The molecule has 0 bridgehead atoms. The molecule has 1 saturated heterocycles. The van der Waals surface area contributed by atoms with Gasteiger partial charge in [-0.3, -0.25) is 0 Å². The van der Waals surface area contributed by atoms with Gasteiger partial charge in [-0.2, -0.15) is 0 Å². The Kier molecular flexibility index (Phi) is 10.4. The van der Waals surface area contributed by atoms with Gasteiger partial charge in [0.05, 0.1) is 66.1 Å². The quantitative estimate of drug-likeness (QED) is 0.705. The van der Waals surface area contributed by atoms with E-state index in [1.165, 1.54) is 0 Å². The zero-order chi connectivity index (χ0) is 12.9. The molecular weight excluding hydrogens is 240 g/mol. The molecule has 1 atom stereocenters. The van der Waals surface area contributed by atoms with Gasteiger partial charge in [0, 0.05) is 7.11 Å². The van der Waals surface area contributed by atoms with Crippen molar-refractivity contribution >= 4 is 0 Å². The number of rotatable bonds is 2. The van der Waals surface area contributed by atoms with Crippen molar-refractivity contribution in [3.63, 3.8) is 0 Å². The van der Waals surface area contributed by atoms with Gasteiger partial charge in [0.15, 0.2) is 0 Å². The number of hydrogen-bond donors (Lipinski definition) is 0. The summed E-state index contributed by atoms with van der Waals surface area (Å²) in [5, 5.41) is 0. The maximum atomic E-state index is 5.60. The highest BCUT2D eigenvalue weighted by Crippen LogP contribution is 1.96. The maximum Gasteiger partial charge on any atom is 0.104 e. The molecule has 108 valence electrons. The predicted molar refractivity (Wildman–Crippen MR) is 64.9 cm³/mol. The van der Waals surface area contributed by atoms with E-state index in [4.69, 9.17) is 28.4 Å². The molecule has 6 heteroatoms. The summed E-state index contributed by atoms with van der Waals surface area (Å²) < 4.78 is 32.2. The van der Waals surface area contributed by atoms with Crippen LogP contribution in [-0.2, 0) is 28.4 Å². The Balaban J connectivity index is 2.20. The lowest BCUT2D eigenvalue weighted by molar-refractivity contribution is -0.0709. The van der Waals surface area contributed by atoms with E-state index in [0.717, 1.165) is 0 Å². The van der Waals surface area contributed by atoms with Crippen LogP contribution in [0.2, 0.25) is 0 Å². The fourth-order valence-corrected chi connectivity index (χ4v) is 1.48. The first-order valence-corrected chi connectivity index (χ1v) is 6.35. The third-order valence-corrected chi connectivity index (χ3v) is 2.35. The van der Waals surface area contributed by atoms with Gasteiger partial charge >= 0.3 is 0 Å². The Morgan fingerprint density at radius 2 is 1.28 bits per heavy atom. The van der Waals surface area contributed by atoms with Crippen LogP contribution in [0.5, 0.6) is 0 Å². The minimum Gasteiger partial charge on any atom is -0.382 e. The average molecular weight is 264 g/mol. The van der Waals surface area contributed by atoms with E-state index in [2.05, 4.69) is 0 Å². The third kappa shape index (κ3) is 8.79. The third-order valence-electron chi connectivity index (χ3n) is 2.35. The van der Waals surface area contributed by atoms with Crippen molar-refractivity contribution in [2.45, 2.75) is 6.10 Å². The van der Waals surface area contributed by atoms with Crippen molar-refractivity contribution < 1.29 is 28.4 Å². The van der Waals surface area contributed by atoms with Crippen molar-refractivity contribution in [1.82, 2.24) is 0 Å². The van der Waals surface area contributed by atoms with Gasteiger partial charge in [0.2, 0.25) is 0 Å². The lowest BCUT2D eigenvalue weighted by Crippen LogP contribution is -2.27. The smallest absolute Gasteiger partial charge is 0.104 e. The topological polar surface area (TPSA) is 55.4 Å². The monoisotopic (exact) mass is 264 g/mol. The van der Waals surface area contributed by atoms with E-state index in [1.54, 1.807) is 7.11 Å². The summed E-state index contributed by atoms with van der Waals surface area (Å²) in [5.74, 6) is 0. The van der Waals surface area contributed by atoms with E-state index in [0.29, 0.717) is 66.1 Å². The zero-order valence-electron chi connectivity index (χ0n) is 11.1. The van der Waals surface area contributed by atoms with Gasteiger partial charge in [-0.25, -0.2) is 0 Å². The molecule has 1 fully saturated rings. The van der Waals surface area contributed by atoms with Crippen molar-refractivity contribution in [2.24, 2.45) is 0 Å². The van der Waals surface area contributed by atoms with E-state index in [-0.39, 0.29) is 6.10 Å². The number of hydrogen-bond acceptors (Lipinski definition) is 6. The van der Waals surface area contributed by atoms with Crippen LogP contribution in [0, 0.1) is 0 Å². The summed E-state index contributed by atoms with van der Waals surface area (Å²) in [4.78, 5) is 0. The highest BCUT2D eigenvalue weighted by atomic mass is 16.6. The standard InChI is InChI=1S/C12H24O6/c1-13-10-12-11-17-7-6-15-3-2-14-4-5-16-8-9-18-12/h12H,2-11H2,1H3. The highest BCUT2D eigenvalue weighted by Gasteiger charge is 2.09. The summed E-state index contributed by atoms with van der Waals surface area (Å²) >= 11 is 0. The number of methoxy groups -OCH3 is 1. The largest absolute Gasteiger partial charge is 0.382 e. The molecule has 18 heavy (non-hydrogen) atoms. The van der Waals surface area contributed by atoms with Crippen molar-refractivity contribution in [3.05, 3.63) is 0 Å². The first kappa shape index (κ1) is 15.8. The Bertz CT molecular complexity index is 162. The Morgan fingerprint density at radius 1 is 0.778 bits per heavy atom. The molecule has 1 rings (SSSR count). The fraction of sp³-hybridized carbons (Fsp3) is 1.00. The predicted octanol–water partition coefficient (Wildman–Crippen LogP) is 0.0980. The fourth-order valence-electron chi connectivity index (χ4n) is 1.48. The van der Waals surface area contributed by atoms with E-state index >= 15 is 0 Å². The van der Waals surface area contributed by atoms with Crippen LogP contribution in [-0.4, -0.2) is 79.3 Å². The minimum absolute atomic E-state index is 0.0556. The molecule has 0 aromatic rings. The van der Waals surface area contributed by atoms with Crippen molar-refractivity contribution in [3.8, 4) is 0 Å². The molecule has 0 aliphatic carbocycles. The maximum absolute atomic E-state index is 5.60. The van der Waals surface area contributed by atoms with E-state index < -0.39 is 0 Å². The van der Waals surface area contributed by atoms with Crippen molar-refractivity contribution in [1.29, 1.82) is 0 Å². The molecule has 1 unspecified atom stereocenters. The molecular formula is C12H24O6. The summed E-state index contributed by atoms with van der Waals surface area (Å²) in [7, 11) is 1.65. The van der Waals surface area contributed by atoms with Gasteiger partial charge in [0.1, 0.15) is 6.10 Å². The summed E-state index contributed by atoms with van der Waals surface area (Å²) in [5.41, 5.74) is 0. The normalized spacial score (nSPS) is 26.2. The summed E-state index contributed by atoms with van der Waals surface area (Å²) in [6, 6.07) is 0.